The fourth-order valence-electron chi connectivity index (χ4n) is 4.67. The van der Waals surface area contributed by atoms with E-state index in [0.29, 0.717) is 24.2 Å². The van der Waals surface area contributed by atoms with Crippen molar-refractivity contribution in [1.82, 2.24) is 24.8 Å². The summed E-state index contributed by atoms with van der Waals surface area (Å²) in [4.78, 5) is 24.3. The summed E-state index contributed by atoms with van der Waals surface area (Å²) in [5, 5.41) is 0.532. The quantitative estimate of drug-likeness (QED) is 0.398. The molecule has 4 heterocycles. The maximum atomic E-state index is 6.18. The minimum Gasteiger partial charge on any atom is -0.491 e. The molecule has 36 heavy (non-hydrogen) atoms. The van der Waals surface area contributed by atoms with E-state index in [1.807, 2.05) is 12.3 Å². The van der Waals surface area contributed by atoms with E-state index in [9.17, 15) is 0 Å². The third-order valence-corrected chi connectivity index (χ3v) is 7.60. The summed E-state index contributed by atoms with van der Waals surface area (Å²) in [7, 11) is 4.12. The van der Waals surface area contributed by atoms with E-state index in [1.54, 1.807) is 0 Å². The van der Waals surface area contributed by atoms with Crippen molar-refractivity contribution in [2.24, 2.45) is 0 Å². The zero-order valence-electron chi connectivity index (χ0n) is 21.7. The number of hydrogen-bond donors (Lipinski definition) is 1. The lowest BCUT2D eigenvalue weighted by Crippen LogP contribution is -2.29. The van der Waals surface area contributed by atoms with Crippen LogP contribution in [0.1, 0.15) is 55.4 Å². The Kier molecular flexibility index (Phi) is 6.53. The van der Waals surface area contributed by atoms with E-state index in [4.69, 9.17) is 20.4 Å². The summed E-state index contributed by atoms with van der Waals surface area (Å²) in [6, 6.07) is 8.50. The average molecular weight is 504 g/mol. The topological polar surface area (TPSA) is 93.3 Å². The first-order valence-corrected chi connectivity index (χ1v) is 13.1. The molecule has 0 fully saturated rings. The largest absolute Gasteiger partial charge is 0.491 e. The summed E-state index contributed by atoms with van der Waals surface area (Å²) in [6.07, 6.45) is 1.89. The Labute approximate surface area is 216 Å². The van der Waals surface area contributed by atoms with Crippen LogP contribution in [0.2, 0.25) is 0 Å². The fraction of sp³-hybridized carbons (Fsp3) is 0.407. The zero-order valence-corrected chi connectivity index (χ0v) is 22.6. The summed E-state index contributed by atoms with van der Waals surface area (Å²) < 4.78 is 6.18. The predicted molar refractivity (Wildman–Crippen MR) is 147 cm³/mol. The fourth-order valence-corrected chi connectivity index (χ4v) is 5.33. The summed E-state index contributed by atoms with van der Waals surface area (Å²) in [5.41, 5.74) is 12.1. The molecule has 4 aromatic rings. The number of nitrogen functional groups attached to an aromatic ring is 1. The van der Waals surface area contributed by atoms with Crippen molar-refractivity contribution in [3.05, 3.63) is 53.1 Å². The van der Waals surface area contributed by atoms with Crippen LogP contribution in [0.15, 0.2) is 30.5 Å². The molecule has 0 spiro atoms. The van der Waals surface area contributed by atoms with Gasteiger partial charge >= 0.3 is 0 Å². The minimum absolute atomic E-state index is 0.118. The van der Waals surface area contributed by atoms with E-state index in [1.165, 1.54) is 16.9 Å². The molecule has 9 heteroatoms. The van der Waals surface area contributed by atoms with Gasteiger partial charge in [0.15, 0.2) is 5.13 Å². The highest BCUT2D eigenvalue weighted by atomic mass is 32.1. The van der Waals surface area contributed by atoms with Crippen LogP contribution in [0.5, 0.6) is 5.75 Å². The second-order valence-corrected chi connectivity index (χ2v) is 10.9. The number of nitrogens with zero attached hydrogens (tertiary/aromatic N) is 6. The molecule has 0 aliphatic carbocycles. The normalized spacial score (nSPS) is 14.7. The molecule has 0 saturated heterocycles. The van der Waals surface area contributed by atoms with Crippen molar-refractivity contribution in [2.75, 3.05) is 37.9 Å². The van der Waals surface area contributed by atoms with Gasteiger partial charge in [-0.1, -0.05) is 31.3 Å². The van der Waals surface area contributed by atoms with E-state index >= 15 is 0 Å². The lowest BCUT2D eigenvalue weighted by molar-refractivity contribution is 0.307. The molecule has 0 unspecified atom stereocenters. The first-order chi connectivity index (χ1) is 17.2. The Morgan fingerprint density at radius 3 is 2.64 bits per heavy atom. The van der Waals surface area contributed by atoms with Crippen LogP contribution in [-0.2, 0) is 6.54 Å². The molecule has 2 N–H and O–H groups in total. The minimum atomic E-state index is 0.118. The highest BCUT2D eigenvalue weighted by molar-refractivity contribution is 7.21. The molecule has 1 aliphatic heterocycles. The van der Waals surface area contributed by atoms with Crippen LogP contribution in [0.25, 0.3) is 21.5 Å². The van der Waals surface area contributed by atoms with Gasteiger partial charge < -0.3 is 15.4 Å². The maximum absolute atomic E-state index is 6.18. The van der Waals surface area contributed by atoms with E-state index in [0.717, 1.165) is 56.7 Å². The highest BCUT2D eigenvalue weighted by Crippen LogP contribution is 2.35. The number of fused-ring (bicyclic) bond motifs is 2. The van der Waals surface area contributed by atoms with Crippen LogP contribution in [0.3, 0.4) is 0 Å². The van der Waals surface area contributed by atoms with E-state index < -0.39 is 0 Å². The number of aromatic nitrogens is 4. The third kappa shape index (κ3) is 4.60. The monoisotopic (exact) mass is 503 g/mol. The summed E-state index contributed by atoms with van der Waals surface area (Å²) >= 11 is 1.40. The van der Waals surface area contributed by atoms with Gasteiger partial charge in [-0.25, -0.2) is 19.9 Å². The second kappa shape index (κ2) is 9.63. The van der Waals surface area contributed by atoms with Crippen LogP contribution in [-0.4, -0.2) is 52.1 Å². The number of thiazole rings is 1. The molecule has 1 aromatic carbocycles. The van der Waals surface area contributed by atoms with Gasteiger partial charge in [0.05, 0.1) is 12.6 Å². The summed E-state index contributed by atoms with van der Waals surface area (Å²) in [6.45, 7) is 10.7. The lowest BCUT2D eigenvalue weighted by Gasteiger charge is -2.28. The van der Waals surface area contributed by atoms with Crippen LogP contribution >= 0.6 is 11.3 Å². The van der Waals surface area contributed by atoms with Crippen molar-refractivity contribution in [3.8, 4) is 16.9 Å². The van der Waals surface area contributed by atoms with Gasteiger partial charge in [0, 0.05) is 35.1 Å². The molecular weight excluding hydrogens is 470 g/mol. The van der Waals surface area contributed by atoms with Gasteiger partial charge in [-0.3, -0.25) is 4.90 Å². The van der Waals surface area contributed by atoms with Crippen molar-refractivity contribution >= 4 is 32.6 Å². The van der Waals surface area contributed by atoms with Crippen molar-refractivity contribution in [1.29, 1.82) is 0 Å². The predicted octanol–water partition coefficient (Wildman–Crippen LogP) is 5.18. The molecule has 188 valence electrons. The number of ether oxygens (including phenoxy) is 1. The average Bonchev–Trinajstić information content (AvgIpc) is 3.08. The smallest absolute Gasteiger partial charge is 0.182 e. The van der Waals surface area contributed by atoms with Gasteiger partial charge in [0.1, 0.15) is 34.3 Å². The number of pyridine rings is 1. The van der Waals surface area contributed by atoms with E-state index in [-0.39, 0.29) is 6.04 Å². The second-order valence-electron chi connectivity index (χ2n) is 9.89. The summed E-state index contributed by atoms with van der Waals surface area (Å²) in [5.74, 6) is 3.07. The Bertz CT molecular complexity index is 1420. The molecule has 0 bridgehead atoms. The molecule has 5 rings (SSSR count). The van der Waals surface area contributed by atoms with Crippen molar-refractivity contribution < 1.29 is 4.74 Å². The Morgan fingerprint density at radius 2 is 1.89 bits per heavy atom. The van der Waals surface area contributed by atoms with Crippen LogP contribution in [0.4, 0.5) is 10.9 Å². The number of rotatable bonds is 5. The number of hydrogen-bond acceptors (Lipinski definition) is 9. The number of anilines is 2. The zero-order chi connectivity index (χ0) is 25.6. The maximum Gasteiger partial charge on any atom is 0.182 e. The molecule has 8 nitrogen and oxygen atoms in total. The van der Waals surface area contributed by atoms with Gasteiger partial charge in [-0.15, -0.1) is 0 Å². The number of aryl methyl sites for hydroxylation is 1. The Hall–Kier alpha value is -3.30. The molecule has 0 radical (unpaired) electrons. The Balaban J connectivity index is 1.54. The van der Waals surface area contributed by atoms with Gasteiger partial charge in [-0.05, 0) is 57.6 Å². The number of benzene rings is 1. The molecular formula is C27H33N7OS. The van der Waals surface area contributed by atoms with Gasteiger partial charge in [-0.2, -0.15) is 0 Å². The highest BCUT2D eigenvalue weighted by Gasteiger charge is 2.25. The lowest BCUT2D eigenvalue weighted by atomic mass is 10.0. The molecule has 0 amide bonds. The molecule has 3 aromatic heterocycles. The van der Waals surface area contributed by atoms with Crippen molar-refractivity contribution in [3.63, 3.8) is 0 Å². The molecule has 1 atom stereocenters. The van der Waals surface area contributed by atoms with Crippen LogP contribution < -0.4 is 15.4 Å². The SMILES string of the molecule is Cc1nc([C@@H](C)N(C)C)nc(N2CCOc3ccc(-c4cnc5sc(N)nc5c4)cc3C2)c1C(C)C. The van der Waals surface area contributed by atoms with Crippen LogP contribution in [0, 0.1) is 6.92 Å². The number of nitrogens with two attached hydrogens (primary N) is 1. The molecule has 0 saturated carbocycles. The van der Waals surface area contributed by atoms with Gasteiger partial charge in [0.2, 0.25) is 0 Å². The third-order valence-electron chi connectivity index (χ3n) is 6.80. The van der Waals surface area contributed by atoms with E-state index in [2.05, 4.69) is 79.8 Å². The van der Waals surface area contributed by atoms with Gasteiger partial charge in [0.25, 0.3) is 0 Å². The standard InChI is InChI=1S/C27H33N7OS/c1-15(2)23-16(3)30-24(17(4)33(5)6)32-25(23)34-9-10-35-22-8-7-18(11-20(22)14-34)19-12-21-26(29-13-19)36-27(28)31-21/h7-8,11-13,15,17H,9-10,14H2,1-6H3,(H2,28,31)/t17-/m1/s1. The first-order valence-electron chi connectivity index (χ1n) is 12.3. The molecule has 1 aliphatic rings. The van der Waals surface area contributed by atoms with Crippen molar-refractivity contribution in [2.45, 2.75) is 46.2 Å². The Morgan fingerprint density at radius 1 is 1.08 bits per heavy atom. The first kappa shape index (κ1) is 24.4.